The van der Waals surface area contributed by atoms with Crippen molar-refractivity contribution >= 4 is 16.9 Å². The van der Waals surface area contributed by atoms with Gasteiger partial charge in [-0.3, -0.25) is 9.55 Å². The van der Waals surface area contributed by atoms with E-state index >= 15 is 0 Å². The zero-order valence-corrected chi connectivity index (χ0v) is 11.6. The third-order valence-corrected chi connectivity index (χ3v) is 3.24. The standard InChI is InChI=1S/C15H15N5O/c1-10-8-11(6-7-17-10)20-13-5-3-2-4-12(13)18-15(20)9-14(16)19-21/h2-8,21H,9H2,1H3,(H2,16,19). The van der Waals surface area contributed by atoms with Gasteiger partial charge in [0.2, 0.25) is 0 Å². The summed E-state index contributed by atoms with van der Waals surface area (Å²) in [7, 11) is 0. The molecule has 0 saturated heterocycles. The molecule has 0 atom stereocenters. The number of aromatic nitrogens is 3. The van der Waals surface area contributed by atoms with Crippen LogP contribution in [-0.2, 0) is 6.42 Å². The zero-order valence-electron chi connectivity index (χ0n) is 11.6. The van der Waals surface area contributed by atoms with Crippen LogP contribution in [0, 0.1) is 6.92 Å². The highest BCUT2D eigenvalue weighted by Crippen LogP contribution is 2.22. The maximum Gasteiger partial charge on any atom is 0.146 e. The van der Waals surface area contributed by atoms with Gasteiger partial charge in [0.05, 0.1) is 23.1 Å². The van der Waals surface area contributed by atoms with Gasteiger partial charge in [-0.2, -0.15) is 0 Å². The number of amidine groups is 1. The minimum atomic E-state index is 0.123. The molecular formula is C15H15N5O. The van der Waals surface area contributed by atoms with Gasteiger partial charge < -0.3 is 10.9 Å². The van der Waals surface area contributed by atoms with Gasteiger partial charge in [0.15, 0.2) is 0 Å². The van der Waals surface area contributed by atoms with E-state index in [1.807, 2.05) is 47.9 Å². The molecule has 3 aromatic rings. The van der Waals surface area contributed by atoms with Crippen molar-refractivity contribution in [1.82, 2.24) is 14.5 Å². The summed E-state index contributed by atoms with van der Waals surface area (Å²) >= 11 is 0. The van der Waals surface area contributed by atoms with E-state index in [1.54, 1.807) is 6.20 Å². The third kappa shape index (κ3) is 2.43. The topological polar surface area (TPSA) is 89.3 Å². The van der Waals surface area contributed by atoms with Gasteiger partial charge in [0.1, 0.15) is 11.7 Å². The van der Waals surface area contributed by atoms with E-state index in [0.717, 1.165) is 28.2 Å². The van der Waals surface area contributed by atoms with Crippen LogP contribution in [0.15, 0.2) is 47.8 Å². The second-order valence-electron chi connectivity index (χ2n) is 4.78. The van der Waals surface area contributed by atoms with Crippen molar-refractivity contribution in [3.05, 3.63) is 54.1 Å². The lowest BCUT2D eigenvalue weighted by molar-refractivity contribution is 0.317. The lowest BCUT2D eigenvalue weighted by atomic mass is 10.2. The van der Waals surface area contributed by atoms with E-state index in [1.165, 1.54) is 0 Å². The lowest BCUT2D eigenvalue weighted by Crippen LogP contribution is -2.17. The molecule has 0 bridgehead atoms. The van der Waals surface area contributed by atoms with E-state index in [4.69, 9.17) is 10.9 Å². The molecule has 0 fully saturated rings. The third-order valence-electron chi connectivity index (χ3n) is 3.24. The Morgan fingerprint density at radius 3 is 2.90 bits per heavy atom. The number of nitrogens with zero attached hydrogens (tertiary/aromatic N) is 4. The van der Waals surface area contributed by atoms with Gasteiger partial charge in [0.25, 0.3) is 0 Å². The van der Waals surface area contributed by atoms with Crippen molar-refractivity contribution in [3.63, 3.8) is 0 Å². The van der Waals surface area contributed by atoms with Gasteiger partial charge in [-0.15, -0.1) is 0 Å². The van der Waals surface area contributed by atoms with E-state index in [2.05, 4.69) is 15.1 Å². The maximum absolute atomic E-state index is 8.79. The number of hydrogen-bond acceptors (Lipinski definition) is 4. The fraction of sp³-hybridized carbons (Fsp3) is 0.133. The predicted molar refractivity (Wildman–Crippen MR) is 80.7 cm³/mol. The number of fused-ring (bicyclic) bond motifs is 1. The molecule has 0 amide bonds. The molecule has 0 aliphatic rings. The molecule has 6 nitrogen and oxygen atoms in total. The van der Waals surface area contributed by atoms with Crippen LogP contribution in [0.25, 0.3) is 16.7 Å². The number of nitrogens with two attached hydrogens (primary N) is 1. The Morgan fingerprint density at radius 2 is 2.14 bits per heavy atom. The molecule has 0 saturated carbocycles. The number of pyridine rings is 1. The van der Waals surface area contributed by atoms with Crippen molar-refractivity contribution in [2.75, 3.05) is 0 Å². The fourth-order valence-corrected chi connectivity index (χ4v) is 2.35. The van der Waals surface area contributed by atoms with Gasteiger partial charge >= 0.3 is 0 Å². The van der Waals surface area contributed by atoms with Crippen LogP contribution >= 0.6 is 0 Å². The summed E-state index contributed by atoms with van der Waals surface area (Å²) in [6.45, 7) is 1.94. The van der Waals surface area contributed by atoms with Gasteiger partial charge in [-0.25, -0.2) is 4.98 Å². The Kier molecular flexibility index (Phi) is 3.27. The van der Waals surface area contributed by atoms with Crippen molar-refractivity contribution in [2.24, 2.45) is 10.9 Å². The molecular weight excluding hydrogens is 266 g/mol. The van der Waals surface area contributed by atoms with Crippen LogP contribution in [0.1, 0.15) is 11.5 Å². The molecule has 0 spiro atoms. The van der Waals surface area contributed by atoms with Crippen molar-refractivity contribution in [3.8, 4) is 5.69 Å². The second kappa shape index (κ2) is 5.24. The number of oxime groups is 1. The quantitative estimate of drug-likeness (QED) is 0.332. The molecule has 0 radical (unpaired) electrons. The number of imidazole rings is 1. The first kappa shape index (κ1) is 13.1. The van der Waals surface area contributed by atoms with Crippen LogP contribution in [0.3, 0.4) is 0 Å². The number of benzene rings is 1. The minimum absolute atomic E-state index is 0.123. The summed E-state index contributed by atoms with van der Waals surface area (Å²) < 4.78 is 2.00. The molecule has 21 heavy (non-hydrogen) atoms. The normalized spacial score (nSPS) is 12.0. The first-order valence-electron chi connectivity index (χ1n) is 6.55. The highest BCUT2D eigenvalue weighted by atomic mass is 16.4. The molecule has 0 aliphatic carbocycles. The molecule has 2 aromatic heterocycles. The van der Waals surface area contributed by atoms with Gasteiger partial charge in [0, 0.05) is 11.9 Å². The molecule has 6 heteroatoms. The summed E-state index contributed by atoms with van der Waals surface area (Å²) in [4.78, 5) is 8.79. The summed E-state index contributed by atoms with van der Waals surface area (Å²) in [6, 6.07) is 11.7. The Hall–Kier alpha value is -2.89. The summed E-state index contributed by atoms with van der Waals surface area (Å²) in [5.41, 5.74) is 9.35. The van der Waals surface area contributed by atoms with Crippen LogP contribution in [0.4, 0.5) is 0 Å². The fourth-order valence-electron chi connectivity index (χ4n) is 2.35. The summed E-state index contributed by atoms with van der Waals surface area (Å²) in [6.07, 6.45) is 2.03. The first-order chi connectivity index (χ1) is 10.2. The average Bonchev–Trinajstić information content (AvgIpc) is 2.84. The van der Waals surface area contributed by atoms with Crippen molar-refractivity contribution in [1.29, 1.82) is 0 Å². The minimum Gasteiger partial charge on any atom is -0.409 e. The van der Waals surface area contributed by atoms with Crippen molar-refractivity contribution < 1.29 is 5.21 Å². The summed E-state index contributed by atoms with van der Waals surface area (Å²) in [5.74, 6) is 0.842. The molecule has 106 valence electrons. The Balaban J connectivity index is 2.25. The number of hydrogen-bond donors (Lipinski definition) is 2. The van der Waals surface area contributed by atoms with Crippen LogP contribution < -0.4 is 5.73 Å². The Labute approximate surface area is 121 Å². The van der Waals surface area contributed by atoms with E-state index < -0.39 is 0 Å². The zero-order chi connectivity index (χ0) is 14.8. The molecule has 0 unspecified atom stereocenters. The summed E-state index contributed by atoms with van der Waals surface area (Å²) in [5, 5.41) is 11.8. The van der Waals surface area contributed by atoms with Gasteiger partial charge in [-0.05, 0) is 31.2 Å². The SMILES string of the molecule is Cc1cc(-n2c(C/C(N)=N/O)nc3ccccc32)ccn1. The maximum atomic E-state index is 8.79. The number of aryl methyl sites for hydroxylation is 1. The second-order valence-corrected chi connectivity index (χ2v) is 4.78. The van der Waals surface area contributed by atoms with E-state index in [-0.39, 0.29) is 12.3 Å². The predicted octanol–water partition coefficient (Wildman–Crippen LogP) is 2.02. The molecule has 0 aliphatic heterocycles. The average molecular weight is 281 g/mol. The first-order valence-corrected chi connectivity index (χ1v) is 6.55. The monoisotopic (exact) mass is 281 g/mol. The Bertz CT molecular complexity index is 822. The molecule has 2 heterocycles. The highest BCUT2D eigenvalue weighted by molar-refractivity contribution is 5.84. The highest BCUT2D eigenvalue weighted by Gasteiger charge is 2.13. The van der Waals surface area contributed by atoms with Crippen LogP contribution in [-0.4, -0.2) is 25.6 Å². The van der Waals surface area contributed by atoms with Crippen LogP contribution in [0.2, 0.25) is 0 Å². The van der Waals surface area contributed by atoms with Crippen LogP contribution in [0.5, 0.6) is 0 Å². The Morgan fingerprint density at radius 1 is 1.33 bits per heavy atom. The largest absolute Gasteiger partial charge is 0.409 e. The van der Waals surface area contributed by atoms with Gasteiger partial charge in [-0.1, -0.05) is 17.3 Å². The van der Waals surface area contributed by atoms with E-state index in [0.29, 0.717) is 0 Å². The molecule has 3 rings (SSSR count). The number of rotatable bonds is 3. The smallest absolute Gasteiger partial charge is 0.146 e. The van der Waals surface area contributed by atoms with Crippen molar-refractivity contribution in [2.45, 2.75) is 13.3 Å². The number of para-hydroxylation sites is 2. The lowest BCUT2D eigenvalue weighted by Gasteiger charge is -2.09. The molecule has 3 N–H and O–H groups in total. The molecule has 1 aromatic carbocycles. The van der Waals surface area contributed by atoms with E-state index in [9.17, 15) is 0 Å².